The van der Waals surface area contributed by atoms with Crippen LogP contribution < -0.4 is 16.0 Å². The molecule has 0 aromatic heterocycles. The summed E-state index contributed by atoms with van der Waals surface area (Å²) in [4.78, 5) is 12.0. The second-order valence-corrected chi connectivity index (χ2v) is 5.54. The Balaban J connectivity index is 2.58. The largest absolute Gasteiger partial charge is 0.383 e. The Morgan fingerprint density at radius 1 is 1.19 bits per heavy atom. The molecule has 0 spiro atoms. The van der Waals surface area contributed by atoms with E-state index in [4.69, 9.17) is 4.74 Å². The molecule has 0 aliphatic carbocycles. The van der Waals surface area contributed by atoms with Crippen LogP contribution in [0.4, 0.5) is 10.5 Å². The van der Waals surface area contributed by atoms with Gasteiger partial charge in [-0.05, 0) is 37.6 Å². The van der Waals surface area contributed by atoms with E-state index in [2.05, 4.69) is 36.7 Å². The second-order valence-electron chi connectivity index (χ2n) is 5.54. The molecule has 5 nitrogen and oxygen atoms in total. The lowest BCUT2D eigenvalue weighted by atomic mass is 10.1. The van der Waals surface area contributed by atoms with Crippen LogP contribution in [0.3, 0.4) is 0 Å². The van der Waals surface area contributed by atoms with Crippen molar-refractivity contribution in [3.63, 3.8) is 0 Å². The van der Waals surface area contributed by atoms with Gasteiger partial charge in [0, 0.05) is 18.8 Å². The van der Waals surface area contributed by atoms with Crippen molar-refractivity contribution in [2.24, 2.45) is 5.92 Å². The van der Waals surface area contributed by atoms with Crippen molar-refractivity contribution in [2.75, 3.05) is 26.1 Å². The van der Waals surface area contributed by atoms with E-state index in [1.807, 2.05) is 31.3 Å². The van der Waals surface area contributed by atoms with Gasteiger partial charge in [0.25, 0.3) is 0 Å². The molecule has 2 amide bonds. The van der Waals surface area contributed by atoms with Crippen LogP contribution in [0.5, 0.6) is 0 Å². The van der Waals surface area contributed by atoms with Crippen molar-refractivity contribution in [1.82, 2.24) is 10.6 Å². The van der Waals surface area contributed by atoms with Gasteiger partial charge in [0.1, 0.15) is 0 Å². The van der Waals surface area contributed by atoms with Gasteiger partial charge in [0.15, 0.2) is 0 Å². The quantitative estimate of drug-likeness (QED) is 0.724. The van der Waals surface area contributed by atoms with E-state index in [-0.39, 0.29) is 12.1 Å². The number of urea groups is 1. The number of ether oxygens (including phenoxy) is 1. The highest BCUT2D eigenvalue weighted by Gasteiger charge is 2.15. The first kappa shape index (κ1) is 17.5. The van der Waals surface area contributed by atoms with Crippen molar-refractivity contribution in [3.8, 4) is 0 Å². The normalized spacial score (nSPS) is 13.8. The highest BCUT2D eigenvalue weighted by Crippen LogP contribution is 2.15. The fourth-order valence-corrected chi connectivity index (χ4v) is 1.94. The third-order valence-electron chi connectivity index (χ3n) is 3.57. The van der Waals surface area contributed by atoms with Crippen LogP contribution in [-0.4, -0.2) is 32.8 Å². The minimum atomic E-state index is -0.208. The number of hydrogen-bond acceptors (Lipinski definition) is 3. The molecule has 0 saturated heterocycles. The predicted octanol–water partition coefficient (Wildman–Crippen LogP) is 2.76. The molecule has 21 heavy (non-hydrogen) atoms. The third kappa shape index (κ3) is 5.73. The molecule has 1 aromatic carbocycles. The van der Waals surface area contributed by atoms with Crippen LogP contribution in [0.15, 0.2) is 24.3 Å². The standard InChI is InChI=1S/C16H27N3O2/c1-11(2)15(10-21-5)19-16(20)18-14-8-6-13(7-9-14)12(3)17-4/h6-9,11-12,15,17H,10H2,1-5H3,(H2,18,19,20). The first-order chi connectivity index (χ1) is 9.97. The molecule has 5 heteroatoms. The van der Waals surface area contributed by atoms with E-state index in [1.54, 1.807) is 7.11 Å². The molecule has 1 aromatic rings. The van der Waals surface area contributed by atoms with Crippen molar-refractivity contribution >= 4 is 11.7 Å². The summed E-state index contributed by atoms with van der Waals surface area (Å²) in [5.74, 6) is 0.314. The Bertz CT molecular complexity index is 432. The van der Waals surface area contributed by atoms with E-state index in [1.165, 1.54) is 5.56 Å². The molecule has 0 radical (unpaired) electrons. The van der Waals surface area contributed by atoms with Crippen molar-refractivity contribution < 1.29 is 9.53 Å². The monoisotopic (exact) mass is 293 g/mol. The molecule has 0 heterocycles. The van der Waals surface area contributed by atoms with E-state index in [0.717, 1.165) is 5.69 Å². The summed E-state index contributed by atoms with van der Waals surface area (Å²) < 4.78 is 5.12. The van der Waals surface area contributed by atoms with Crippen LogP contribution >= 0.6 is 0 Å². The van der Waals surface area contributed by atoms with Crippen molar-refractivity contribution in [3.05, 3.63) is 29.8 Å². The zero-order valence-corrected chi connectivity index (χ0v) is 13.6. The SMILES string of the molecule is CNC(C)c1ccc(NC(=O)NC(COC)C(C)C)cc1. The summed E-state index contributed by atoms with van der Waals surface area (Å²) in [7, 11) is 3.56. The molecule has 1 rings (SSSR count). The Labute approximate surface area is 127 Å². The molecule has 2 unspecified atom stereocenters. The average molecular weight is 293 g/mol. The number of hydrogen-bond donors (Lipinski definition) is 3. The average Bonchev–Trinajstić information content (AvgIpc) is 2.46. The van der Waals surface area contributed by atoms with Crippen LogP contribution in [0.25, 0.3) is 0 Å². The summed E-state index contributed by atoms with van der Waals surface area (Å²) >= 11 is 0. The van der Waals surface area contributed by atoms with E-state index >= 15 is 0 Å². The number of carbonyl (C=O) groups excluding carboxylic acids is 1. The first-order valence-electron chi connectivity index (χ1n) is 7.31. The van der Waals surface area contributed by atoms with Crippen LogP contribution in [-0.2, 0) is 4.74 Å². The van der Waals surface area contributed by atoms with Crippen LogP contribution in [0, 0.1) is 5.92 Å². The maximum Gasteiger partial charge on any atom is 0.319 e. The summed E-state index contributed by atoms with van der Waals surface area (Å²) in [6, 6.07) is 7.91. The lowest BCUT2D eigenvalue weighted by molar-refractivity contribution is 0.150. The zero-order chi connectivity index (χ0) is 15.8. The van der Waals surface area contributed by atoms with Gasteiger partial charge in [-0.3, -0.25) is 0 Å². The number of anilines is 1. The number of amides is 2. The van der Waals surface area contributed by atoms with Gasteiger partial charge in [0.2, 0.25) is 0 Å². The van der Waals surface area contributed by atoms with Gasteiger partial charge in [-0.15, -0.1) is 0 Å². The molecule has 0 fully saturated rings. The molecule has 118 valence electrons. The lowest BCUT2D eigenvalue weighted by Gasteiger charge is -2.21. The molecule has 0 bridgehead atoms. The Kier molecular flexibility index (Phi) is 7.19. The third-order valence-corrected chi connectivity index (χ3v) is 3.57. The number of nitrogens with one attached hydrogen (secondary N) is 3. The number of carbonyl (C=O) groups is 1. The fraction of sp³-hybridized carbons (Fsp3) is 0.562. The van der Waals surface area contributed by atoms with E-state index < -0.39 is 0 Å². The highest BCUT2D eigenvalue weighted by molar-refractivity contribution is 5.89. The van der Waals surface area contributed by atoms with Gasteiger partial charge in [-0.1, -0.05) is 26.0 Å². The summed E-state index contributed by atoms with van der Waals surface area (Å²) in [5.41, 5.74) is 1.96. The van der Waals surface area contributed by atoms with Gasteiger partial charge < -0.3 is 20.7 Å². The van der Waals surface area contributed by atoms with Gasteiger partial charge in [-0.2, -0.15) is 0 Å². The minimum Gasteiger partial charge on any atom is -0.383 e. The maximum atomic E-state index is 12.0. The lowest BCUT2D eigenvalue weighted by Crippen LogP contribution is -2.43. The van der Waals surface area contributed by atoms with Crippen LogP contribution in [0.2, 0.25) is 0 Å². The topological polar surface area (TPSA) is 62.4 Å². The summed E-state index contributed by atoms with van der Waals surface area (Å²) in [6.45, 7) is 6.70. The highest BCUT2D eigenvalue weighted by atomic mass is 16.5. The number of rotatable bonds is 7. The number of methoxy groups -OCH3 is 1. The molecule has 2 atom stereocenters. The molecule has 0 saturated carbocycles. The zero-order valence-electron chi connectivity index (χ0n) is 13.6. The summed E-state index contributed by atoms with van der Waals surface area (Å²) in [6.07, 6.45) is 0. The van der Waals surface area contributed by atoms with Gasteiger partial charge in [-0.25, -0.2) is 4.79 Å². The molecule has 0 aliphatic rings. The Morgan fingerprint density at radius 3 is 2.29 bits per heavy atom. The molecular formula is C16H27N3O2. The minimum absolute atomic E-state index is 0.00131. The Hall–Kier alpha value is -1.59. The van der Waals surface area contributed by atoms with Crippen LogP contribution in [0.1, 0.15) is 32.4 Å². The van der Waals surface area contributed by atoms with Gasteiger partial charge in [0.05, 0.1) is 12.6 Å². The number of benzene rings is 1. The predicted molar refractivity (Wildman–Crippen MR) is 86.6 cm³/mol. The van der Waals surface area contributed by atoms with Gasteiger partial charge >= 0.3 is 6.03 Å². The van der Waals surface area contributed by atoms with E-state index in [9.17, 15) is 4.79 Å². The molecular weight excluding hydrogens is 266 g/mol. The molecule has 3 N–H and O–H groups in total. The molecule has 0 aliphatic heterocycles. The smallest absolute Gasteiger partial charge is 0.319 e. The van der Waals surface area contributed by atoms with Crippen molar-refractivity contribution in [1.29, 1.82) is 0 Å². The van der Waals surface area contributed by atoms with E-state index in [0.29, 0.717) is 18.6 Å². The summed E-state index contributed by atoms with van der Waals surface area (Å²) in [5, 5.41) is 8.95. The van der Waals surface area contributed by atoms with Crippen molar-refractivity contribution in [2.45, 2.75) is 32.9 Å². The Morgan fingerprint density at radius 2 is 1.81 bits per heavy atom. The second kappa shape index (κ2) is 8.64. The maximum absolute atomic E-state index is 12.0. The fourth-order valence-electron chi connectivity index (χ4n) is 1.94. The first-order valence-corrected chi connectivity index (χ1v) is 7.31.